The number of hydrogen-bond acceptors (Lipinski definition) is 1. The summed E-state index contributed by atoms with van der Waals surface area (Å²) in [7, 11) is 0. The van der Waals surface area contributed by atoms with Crippen LogP contribution in [0, 0.1) is 11.8 Å². The van der Waals surface area contributed by atoms with Gasteiger partial charge < -0.3 is 4.42 Å². The molecule has 0 radical (unpaired) electrons. The van der Waals surface area contributed by atoms with E-state index in [1.165, 1.54) is 31.4 Å². The predicted octanol–water partition coefficient (Wildman–Crippen LogP) is 3.18. The summed E-state index contributed by atoms with van der Waals surface area (Å²) >= 11 is 0. The average molecular weight is 162 g/mol. The van der Waals surface area contributed by atoms with Gasteiger partial charge in [-0.15, -0.1) is 0 Å². The molecule has 12 heavy (non-hydrogen) atoms. The van der Waals surface area contributed by atoms with E-state index in [-0.39, 0.29) is 0 Å². The Morgan fingerprint density at radius 3 is 2.25 bits per heavy atom. The predicted molar refractivity (Wildman–Crippen MR) is 46.9 cm³/mol. The van der Waals surface area contributed by atoms with Crippen molar-refractivity contribution in [3.8, 4) is 0 Å². The Morgan fingerprint density at radius 2 is 1.83 bits per heavy atom. The first kappa shape index (κ1) is 6.76. The second kappa shape index (κ2) is 2.38. The first-order chi connectivity index (χ1) is 5.95. The Morgan fingerprint density at radius 1 is 1.17 bits per heavy atom. The molecule has 2 saturated carbocycles. The molecule has 0 saturated heterocycles. The van der Waals surface area contributed by atoms with Crippen molar-refractivity contribution >= 4 is 0 Å². The lowest BCUT2D eigenvalue weighted by molar-refractivity contribution is 0.407. The number of furan rings is 1. The van der Waals surface area contributed by atoms with Crippen LogP contribution in [-0.4, -0.2) is 0 Å². The van der Waals surface area contributed by atoms with Crippen molar-refractivity contribution in [3.05, 3.63) is 24.2 Å². The maximum atomic E-state index is 5.50. The number of hydrogen-bond donors (Lipinski definition) is 0. The van der Waals surface area contributed by atoms with Crippen molar-refractivity contribution in [1.29, 1.82) is 0 Å². The van der Waals surface area contributed by atoms with Crippen LogP contribution >= 0.6 is 0 Å². The van der Waals surface area contributed by atoms with E-state index in [9.17, 15) is 0 Å². The van der Waals surface area contributed by atoms with Crippen molar-refractivity contribution in [3.63, 3.8) is 0 Å². The van der Waals surface area contributed by atoms with E-state index >= 15 is 0 Å². The molecule has 1 heteroatoms. The van der Waals surface area contributed by atoms with E-state index in [1.54, 1.807) is 0 Å². The molecule has 3 rings (SSSR count). The van der Waals surface area contributed by atoms with Crippen LogP contribution in [0.3, 0.4) is 0 Å². The topological polar surface area (TPSA) is 13.1 Å². The molecule has 0 aliphatic heterocycles. The summed E-state index contributed by atoms with van der Waals surface area (Å²) in [6.07, 6.45) is 7.54. The molecular formula is C11H14O. The van der Waals surface area contributed by atoms with Gasteiger partial charge in [0.15, 0.2) is 0 Å². The van der Waals surface area contributed by atoms with E-state index in [0.29, 0.717) is 0 Å². The van der Waals surface area contributed by atoms with Gasteiger partial charge in [0.25, 0.3) is 0 Å². The van der Waals surface area contributed by atoms with E-state index < -0.39 is 0 Å². The summed E-state index contributed by atoms with van der Waals surface area (Å²) in [5.41, 5.74) is 0. The standard InChI is InChI=1S/C11H14O/c1-2-10(12-7-1)11(8-3-4-8)9-5-6-9/h1-2,7-9,11H,3-6H2. The van der Waals surface area contributed by atoms with Gasteiger partial charge in [-0.2, -0.15) is 0 Å². The van der Waals surface area contributed by atoms with Crippen LogP contribution in [-0.2, 0) is 0 Å². The molecule has 2 aliphatic rings. The van der Waals surface area contributed by atoms with Crippen LogP contribution in [0.25, 0.3) is 0 Å². The van der Waals surface area contributed by atoms with E-state index in [4.69, 9.17) is 4.42 Å². The third-order valence-corrected chi connectivity index (χ3v) is 3.13. The normalized spacial score (nSPS) is 23.4. The molecule has 0 spiro atoms. The zero-order valence-electron chi connectivity index (χ0n) is 7.20. The fraction of sp³-hybridized carbons (Fsp3) is 0.636. The van der Waals surface area contributed by atoms with Gasteiger partial charge in [-0.05, 0) is 49.7 Å². The molecule has 1 nitrogen and oxygen atoms in total. The van der Waals surface area contributed by atoms with E-state index in [1.807, 2.05) is 12.3 Å². The highest BCUT2D eigenvalue weighted by Crippen LogP contribution is 2.54. The van der Waals surface area contributed by atoms with Crippen LogP contribution in [0.1, 0.15) is 37.4 Å². The molecular weight excluding hydrogens is 148 g/mol. The highest BCUT2D eigenvalue weighted by atomic mass is 16.3. The molecule has 2 fully saturated rings. The van der Waals surface area contributed by atoms with Gasteiger partial charge in [0.1, 0.15) is 5.76 Å². The second-order valence-electron chi connectivity index (χ2n) is 4.22. The molecule has 0 bridgehead atoms. The fourth-order valence-corrected chi connectivity index (χ4v) is 2.24. The summed E-state index contributed by atoms with van der Waals surface area (Å²) in [5, 5.41) is 0. The molecule has 64 valence electrons. The molecule has 2 aliphatic carbocycles. The second-order valence-corrected chi connectivity index (χ2v) is 4.22. The summed E-state index contributed by atoms with van der Waals surface area (Å²) < 4.78 is 5.50. The van der Waals surface area contributed by atoms with Crippen molar-refractivity contribution < 1.29 is 4.42 Å². The lowest BCUT2D eigenvalue weighted by Gasteiger charge is -2.11. The molecule has 0 amide bonds. The first-order valence-electron chi connectivity index (χ1n) is 4.98. The Bertz CT molecular complexity index is 243. The van der Waals surface area contributed by atoms with Gasteiger partial charge in [0, 0.05) is 5.92 Å². The first-order valence-corrected chi connectivity index (χ1v) is 4.98. The molecule has 0 unspecified atom stereocenters. The maximum Gasteiger partial charge on any atom is 0.107 e. The zero-order valence-corrected chi connectivity index (χ0v) is 7.20. The van der Waals surface area contributed by atoms with Gasteiger partial charge in [-0.3, -0.25) is 0 Å². The summed E-state index contributed by atoms with van der Waals surface area (Å²) in [4.78, 5) is 0. The van der Waals surface area contributed by atoms with Gasteiger partial charge in [0.05, 0.1) is 6.26 Å². The average Bonchev–Trinajstić information content (AvgIpc) is 2.95. The SMILES string of the molecule is c1coc(C(C2CC2)C2CC2)c1. The van der Waals surface area contributed by atoms with Gasteiger partial charge in [-0.25, -0.2) is 0 Å². The summed E-state index contributed by atoms with van der Waals surface area (Å²) in [6.45, 7) is 0. The maximum absolute atomic E-state index is 5.50. The Hall–Kier alpha value is -0.720. The summed E-state index contributed by atoms with van der Waals surface area (Å²) in [6, 6.07) is 4.18. The lowest BCUT2D eigenvalue weighted by atomic mass is 9.95. The van der Waals surface area contributed by atoms with Crippen molar-refractivity contribution in [2.45, 2.75) is 31.6 Å². The van der Waals surface area contributed by atoms with Gasteiger partial charge in [0.2, 0.25) is 0 Å². The van der Waals surface area contributed by atoms with Crippen molar-refractivity contribution in [2.75, 3.05) is 0 Å². The quantitative estimate of drug-likeness (QED) is 0.665. The molecule has 0 atom stereocenters. The summed E-state index contributed by atoms with van der Waals surface area (Å²) in [5.74, 6) is 3.95. The lowest BCUT2D eigenvalue weighted by Crippen LogP contribution is -2.01. The largest absolute Gasteiger partial charge is 0.469 e. The van der Waals surface area contributed by atoms with Gasteiger partial charge in [-0.1, -0.05) is 0 Å². The third kappa shape index (κ3) is 1.08. The van der Waals surface area contributed by atoms with Gasteiger partial charge >= 0.3 is 0 Å². The Kier molecular flexibility index (Phi) is 1.34. The highest BCUT2D eigenvalue weighted by Gasteiger charge is 2.43. The zero-order chi connectivity index (χ0) is 7.97. The van der Waals surface area contributed by atoms with Crippen LogP contribution in [0.15, 0.2) is 22.8 Å². The van der Waals surface area contributed by atoms with Crippen LogP contribution in [0.5, 0.6) is 0 Å². The number of rotatable bonds is 3. The van der Waals surface area contributed by atoms with Crippen LogP contribution in [0.2, 0.25) is 0 Å². The van der Waals surface area contributed by atoms with Crippen molar-refractivity contribution in [2.24, 2.45) is 11.8 Å². The molecule has 0 N–H and O–H groups in total. The fourth-order valence-electron chi connectivity index (χ4n) is 2.24. The van der Waals surface area contributed by atoms with Crippen LogP contribution < -0.4 is 0 Å². The minimum absolute atomic E-state index is 0.778. The highest BCUT2D eigenvalue weighted by molar-refractivity contribution is 5.13. The third-order valence-electron chi connectivity index (χ3n) is 3.13. The molecule has 0 aromatic carbocycles. The van der Waals surface area contributed by atoms with Crippen LogP contribution in [0.4, 0.5) is 0 Å². The smallest absolute Gasteiger partial charge is 0.107 e. The Balaban J connectivity index is 1.85. The minimum atomic E-state index is 0.778. The minimum Gasteiger partial charge on any atom is -0.469 e. The molecule has 1 heterocycles. The van der Waals surface area contributed by atoms with E-state index in [0.717, 1.165) is 17.8 Å². The monoisotopic (exact) mass is 162 g/mol. The van der Waals surface area contributed by atoms with E-state index in [2.05, 4.69) is 6.07 Å². The molecule has 1 aromatic rings. The molecule has 1 aromatic heterocycles. The Labute approximate surface area is 72.8 Å². The van der Waals surface area contributed by atoms with Crippen molar-refractivity contribution in [1.82, 2.24) is 0 Å².